The highest BCUT2D eigenvalue weighted by atomic mass is 16.4. The van der Waals surface area contributed by atoms with Gasteiger partial charge < -0.3 is 10.2 Å². The Morgan fingerprint density at radius 3 is 1.65 bits per heavy atom. The number of azide groups is 2. The maximum absolute atomic E-state index is 10.8. The van der Waals surface area contributed by atoms with E-state index in [-0.39, 0.29) is 12.8 Å². The number of carboxylic acid groups (broad SMARTS) is 2. The molecule has 2 unspecified atom stereocenters. The predicted octanol–water partition coefficient (Wildman–Crippen LogP) is 3.30. The quantitative estimate of drug-likeness (QED) is 0.194. The lowest BCUT2D eigenvalue weighted by molar-refractivity contribution is -0.140. The van der Waals surface area contributed by atoms with E-state index in [1.54, 1.807) is 0 Å². The number of carboxylic acids is 2. The van der Waals surface area contributed by atoms with Crippen LogP contribution in [0.1, 0.15) is 16.7 Å². The summed E-state index contributed by atoms with van der Waals surface area (Å²) in [6.07, 6.45) is 0.545. The Bertz CT molecular complexity index is 939. The minimum Gasteiger partial charge on any atom is -0.478 e. The van der Waals surface area contributed by atoms with Crippen molar-refractivity contribution in [3.63, 3.8) is 0 Å². The lowest BCUT2D eigenvalue weighted by Gasteiger charge is -2.08. The molecule has 0 spiro atoms. The molecule has 12 nitrogen and oxygen atoms in total. The van der Waals surface area contributed by atoms with Crippen molar-refractivity contribution < 1.29 is 19.8 Å². The molecule has 12 heteroatoms. The van der Waals surface area contributed by atoms with Crippen molar-refractivity contribution in [3.8, 4) is 0 Å². The van der Waals surface area contributed by atoms with Crippen LogP contribution in [0.3, 0.4) is 0 Å². The maximum Gasteiger partial charge on any atom is 0.349 e. The number of hydrogen-bond acceptors (Lipinski definition) is 4. The van der Waals surface area contributed by atoms with E-state index in [1.807, 2.05) is 61.5 Å². The van der Waals surface area contributed by atoms with Gasteiger partial charge in [-0.2, -0.15) is 9.82 Å². The van der Waals surface area contributed by atoms with Crippen LogP contribution in [0.2, 0.25) is 0 Å². The first-order valence-corrected chi connectivity index (χ1v) is 9.01. The van der Waals surface area contributed by atoms with E-state index in [1.165, 1.54) is 0 Å². The van der Waals surface area contributed by atoms with Crippen molar-refractivity contribution in [2.24, 2.45) is 10.4 Å². The van der Waals surface area contributed by atoms with Gasteiger partial charge in [-0.15, -0.1) is 11.1 Å². The zero-order valence-electron chi connectivity index (χ0n) is 16.7. The van der Waals surface area contributed by atoms with Crippen molar-refractivity contribution in [1.29, 1.82) is 0 Å². The molecule has 4 N–H and O–H groups in total. The second-order valence-corrected chi connectivity index (χ2v) is 6.30. The van der Waals surface area contributed by atoms with E-state index in [9.17, 15) is 9.59 Å². The lowest BCUT2D eigenvalue weighted by atomic mass is 10.1. The van der Waals surface area contributed by atoms with Gasteiger partial charge in [-0.05, 0) is 28.5 Å². The zero-order valence-corrected chi connectivity index (χ0v) is 16.7. The van der Waals surface area contributed by atoms with Gasteiger partial charge in [-0.1, -0.05) is 60.2 Å². The van der Waals surface area contributed by atoms with Crippen LogP contribution in [0.4, 0.5) is 0 Å². The number of nitrogens with one attached hydrogen (secondary N) is 2. The molecule has 0 saturated carbocycles. The second kappa shape index (κ2) is 13.7. The second-order valence-electron chi connectivity index (χ2n) is 6.30. The minimum absolute atomic E-state index is 0.272. The normalized spacial score (nSPS) is 11.3. The molecular weight excluding hydrogens is 404 g/mol. The number of carbonyl (C=O) groups is 2. The van der Waals surface area contributed by atoms with E-state index >= 15 is 0 Å². The maximum atomic E-state index is 10.8. The van der Waals surface area contributed by atoms with Crippen molar-refractivity contribution in [3.05, 3.63) is 92.2 Å². The van der Waals surface area contributed by atoms with E-state index in [2.05, 4.69) is 31.1 Å². The van der Waals surface area contributed by atoms with Gasteiger partial charge in [-0.3, -0.25) is 0 Å². The van der Waals surface area contributed by atoms with Gasteiger partial charge >= 0.3 is 11.9 Å². The summed E-state index contributed by atoms with van der Waals surface area (Å²) < 4.78 is 0. The summed E-state index contributed by atoms with van der Waals surface area (Å²) in [5.74, 6) is -2.10. The number of hydrogen-bond donors (Lipinski definition) is 4. The highest BCUT2D eigenvalue weighted by Gasteiger charge is 2.20. The molecule has 0 amide bonds. The minimum atomic E-state index is -1.05. The number of aliphatic carboxylic acids is 2. The molecule has 162 valence electrons. The van der Waals surface area contributed by atoms with Crippen molar-refractivity contribution in [1.82, 2.24) is 10.9 Å². The van der Waals surface area contributed by atoms with Gasteiger partial charge in [0, 0.05) is 12.8 Å². The third kappa shape index (κ3) is 10.1. The fourth-order valence-corrected chi connectivity index (χ4v) is 2.38. The molecule has 0 aliphatic rings. The highest BCUT2D eigenvalue weighted by Crippen LogP contribution is 2.06. The van der Waals surface area contributed by atoms with Gasteiger partial charge in [0.15, 0.2) is 12.1 Å². The topological polar surface area (TPSA) is 196 Å². The Morgan fingerprint density at radius 1 is 0.839 bits per heavy atom. The molecule has 0 radical (unpaired) electrons. The largest absolute Gasteiger partial charge is 0.478 e. The summed E-state index contributed by atoms with van der Waals surface area (Å²) in [5, 5.41) is 23.8. The average molecular weight is 426 g/mol. The van der Waals surface area contributed by atoms with Crippen LogP contribution in [0.25, 0.3) is 20.9 Å². The van der Waals surface area contributed by atoms with E-state index in [0.29, 0.717) is 0 Å². The SMILES string of the molecule is Cc1ccc(CC(NN=[N+]=[N-])C(=O)O)cc1.[N-]=[N+]=NNC(Cc1ccccc1)C(=O)O. The Morgan fingerprint density at radius 2 is 1.26 bits per heavy atom. The van der Waals surface area contributed by atoms with Crippen molar-refractivity contribution >= 4 is 11.9 Å². The Kier molecular flexibility index (Phi) is 10.9. The van der Waals surface area contributed by atoms with Gasteiger partial charge in [0.2, 0.25) is 0 Å². The summed E-state index contributed by atoms with van der Waals surface area (Å²) >= 11 is 0. The number of nitrogens with zero attached hydrogens (tertiary/aromatic N) is 6. The molecule has 31 heavy (non-hydrogen) atoms. The number of rotatable bonds is 10. The standard InChI is InChI=1S/C10H12N4O2.C9H10N4O2/c1-7-2-4-8(5-3-7)6-9(10(15)16)12-14-13-11;10-12-13-11-8(9(14)15)6-7-4-2-1-3-5-7/h2-5,9,12H,6H2,1H3,(H,15,16);1-5,8,11H,6H2,(H,14,15). The van der Waals surface area contributed by atoms with E-state index in [0.717, 1.165) is 16.7 Å². The van der Waals surface area contributed by atoms with Crippen molar-refractivity contribution in [2.45, 2.75) is 31.8 Å². The Labute approximate surface area is 177 Å². The van der Waals surface area contributed by atoms with Crippen LogP contribution in [0, 0.1) is 6.92 Å². The molecule has 0 saturated heterocycles. The first-order valence-electron chi connectivity index (χ1n) is 9.01. The molecule has 0 aromatic heterocycles. The first-order chi connectivity index (χ1) is 14.9. The monoisotopic (exact) mass is 426 g/mol. The van der Waals surface area contributed by atoms with Crippen LogP contribution in [-0.2, 0) is 22.4 Å². The first kappa shape index (κ1) is 24.6. The molecular formula is C19H22N8O4. The summed E-state index contributed by atoms with van der Waals surface area (Å²) in [6.45, 7) is 1.96. The third-order valence-electron chi connectivity index (χ3n) is 3.96. The smallest absolute Gasteiger partial charge is 0.349 e. The predicted molar refractivity (Wildman–Crippen MR) is 112 cm³/mol. The molecule has 0 fully saturated rings. The molecule has 0 bridgehead atoms. The molecule has 2 aromatic carbocycles. The van der Waals surface area contributed by atoms with Crippen LogP contribution >= 0.6 is 0 Å². The summed E-state index contributed by atoms with van der Waals surface area (Å²) in [4.78, 5) is 26.5. The van der Waals surface area contributed by atoms with Gasteiger partial charge in [0.1, 0.15) is 0 Å². The molecule has 2 aromatic rings. The molecule has 2 atom stereocenters. The summed E-state index contributed by atoms with van der Waals surface area (Å²) in [5.41, 5.74) is 23.5. The fourth-order valence-electron chi connectivity index (χ4n) is 2.38. The van der Waals surface area contributed by atoms with Gasteiger partial charge in [-0.25, -0.2) is 20.4 Å². The third-order valence-corrected chi connectivity index (χ3v) is 3.96. The van der Waals surface area contributed by atoms with E-state index in [4.69, 9.17) is 21.3 Å². The average Bonchev–Trinajstić information content (AvgIpc) is 2.76. The zero-order chi connectivity index (χ0) is 23.1. The number of aryl methyl sites for hydroxylation is 1. The molecule has 0 heterocycles. The van der Waals surface area contributed by atoms with Gasteiger partial charge in [0.25, 0.3) is 0 Å². The van der Waals surface area contributed by atoms with Crippen LogP contribution in [-0.4, -0.2) is 34.2 Å². The highest BCUT2D eigenvalue weighted by molar-refractivity contribution is 5.74. The Hall–Kier alpha value is -4.40. The van der Waals surface area contributed by atoms with Crippen LogP contribution in [0.5, 0.6) is 0 Å². The van der Waals surface area contributed by atoms with E-state index < -0.39 is 24.0 Å². The molecule has 2 rings (SSSR count). The fraction of sp³-hybridized carbons (Fsp3) is 0.263. The lowest BCUT2D eigenvalue weighted by Crippen LogP contribution is -2.34. The summed E-state index contributed by atoms with van der Waals surface area (Å²) in [7, 11) is 0. The van der Waals surface area contributed by atoms with Gasteiger partial charge in [0.05, 0.1) is 0 Å². The Balaban J connectivity index is 0.000000311. The van der Waals surface area contributed by atoms with Crippen LogP contribution in [0.15, 0.2) is 65.0 Å². The van der Waals surface area contributed by atoms with Crippen molar-refractivity contribution in [2.75, 3.05) is 0 Å². The molecule has 0 aliphatic carbocycles. The van der Waals surface area contributed by atoms with Crippen LogP contribution < -0.4 is 10.9 Å². The summed E-state index contributed by atoms with van der Waals surface area (Å²) in [6, 6.07) is 14.8. The number of benzene rings is 2. The molecule has 0 aliphatic heterocycles.